The Hall–Kier alpha value is -1.10. The Morgan fingerprint density at radius 3 is 1.74 bits per heavy atom. The SMILES string of the molecule is CCCOCCCCCOCCCCCCCCCCCc1cc(C)c(CC(C)N)cc1OC. The first-order valence-electron chi connectivity index (χ1n) is 14.2. The molecule has 0 aliphatic heterocycles. The van der Waals surface area contributed by atoms with E-state index >= 15 is 0 Å². The van der Waals surface area contributed by atoms with E-state index in [0.29, 0.717) is 0 Å². The van der Waals surface area contributed by atoms with Crippen molar-refractivity contribution in [3.05, 3.63) is 28.8 Å². The van der Waals surface area contributed by atoms with E-state index in [1.54, 1.807) is 7.11 Å². The van der Waals surface area contributed by atoms with Gasteiger partial charge in [0.1, 0.15) is 5.75 Å². The fourth-order valence-corrected chi connectivity index (χ4v) is 4.43. The molecule has 2 N–H and O–H groups in total. The summed E-state index contributed by atoms with van der Waals surface area (Å²) >= 11 is 0. The van der Waals surface area contributed by atoms with Gasteiger partial charge in [-0.25, -0.2) is 0 Å². The molecule has 1 aromatic carbocycles. The van der Waals surface area contributed by atoms with Crippen LogP contribution in [-0.2, 0) is 22.3 Å². The van der Waals surface area contributed by atoms with Crippen LogP contribution in [0.3, 0.4) is 0 Å². The maximum absolute atomic E-state index is 5.99. The highest BCUT2D eigenvalue weighted by Crippen LogP contribution is 2.26. The van der Waals surface area contributed by atoms with Crippen LogP contribution in [0, 0.1) is 6.92 Å². The van der Waals surface area contributed by atoms with Crippen LogP contribution in [0.4, 0.5) is 0 Å². The predicted molar refractivity (Wildman–Crippen MR) is 146 cm³/mol. The smallest absolute Gasteiger partial charge is 0.122 e. The minimum Gasteiger partial charge on any atom is -0.496 e. The Labute approximate surface area is 211 Å². The zero-order chi connectivity index (χ0) is 24.9. The van der Waals surface area contributed by atoms with E-state index in [4.69, 9.17) is 19.9 Å². The Morgan fingerprint density at radius 1 is 0.706 bits per heavy atom. The molecule has 1 atom stereocenters. The molecule has 4 nitrogen and oxygen atoms in total. The summed E-state index contributed by atoms with van der Waals surface area (Å²) in [6.45, 7) is 10.1. The number of hydrogen-bond donors (Lipinski definition) is 1. The molecule has 1 rings (SSSR count). The molecule has 0 heterocycles. The van der Waals surface area contributed by atoms with Crippen molar-refractivity contribution in [2.45, 2.75) is 123 Å². The minimum absolute atomic E-state index is 0.179. The number of unbranched alkanes of at least 4 members (excludes halogenated alkanes) is 10. The van der Waals surface area contributed by atoms with E-state index in [9.17, 15) is 0 Å². The van der Waals surface area contributed by atoms with E-state index in [0.717, 1.165) is 51.4 Å². The Balaban J connectivity index is 1.94. The predicted octanol–water partition coefficient (Wildman–Crippen LogP) is 7.56. The van der Waals surface area contributed by atoms with Crippen molar-refractivity contribution in [2.75, 3.05) is 33.5 Å². The average Bonchev–Trinajstić information content (AvgIpc) is 2.81. The highest BCUT2D eigenvalue weighted by molar-refractivity contribution is 5.42. The van der Waals surface area contributed by atoms with E-state index in [1.165, 1.54) is 93.7 Å². The first kappa shape index (κ1) is 30.9. The third kappa shape index (κ3) is 15.7. The maximum atomic E-state index is 5.99. The van der Waals surface area contributed by atoms with Crippen molar-refractivity contribution in [3.63, 3.8) is 0 Å². The number of methoxy groups -OCH3 is 1. The molecular weight excluding hydrogens is 422 g/mol. The molecule has 0 aliphatic carbocycles. The van der Waals surface area contributed by atoms with Gasteiger partial charge in [0.05, 0.1) is 7.11 Å². The van der Waals surface area contributed by atoms with E-state index < -0.39 is 0 Å². The lowest BCUT2D eigenvalue weighted by atomic mass is 9.96. The van der Waals surface area contributed by atoms with Gasteiger partial charge in [-0.2, -0.15) is 0 Å². The summed E-state index contributed by atoms with van der Waals surface area (Å²) in [5, 5.41) is 0. The van der Waals surface area contributed by atoms with E-state index in [2.05, 4.69) is 32.9 Å². The van der Waals surface area contributed by atoms with Crippen molar-refractivity contribution in [2.24, 2.45) is 5.73 Å². The third-order valence-electron chi connectivity index (χ3n) is 6.44. The maximum Gasteiger partial charge on any atom is 0.122 e. The third-order valence-corrected chi connectivity index (χ3v) is 6.44. The fourth-order valence-electron chi connectivity index (χ4n) is 4.43. The Morgan fingerprint density at radius 2 is 1.21 bits per heavy atom. The number of nitrogens with two attached hydrogens (primary N) is 1. The standard InChI is InChI=1S/C30H55NO3/c1-5-19-33-20-16-13-17-22-34-21-15-12-10-8-6-7-9-11-14-18-28-23-26(2)29(24-27(3)31)25-30(28)32-4/h23,25,27H,5-22,24,31H2,1-4H3. The summed E-state index contributed by atoms with van der Waals surface area (Å²) in [5.74, 6) is 1.03. The first-order chi connectivity index (χ1) is 16.6. The zero-order valence-electron chi connectivity index (χ0n) is 23.0. The minimum atomic E-state index is 0.179. The van der Waals surface area contributed by atoms with Gasteiger partial charge < -0.3 is 19.9 Å². The summed E-state index contributed by atoms with van der Waals surface area (Å²) in [6.07, 6.45) is 18.5. The van der Waals surface area contributed by atoms with Gasteiger partial charge in [0, 0.05) is 32.5 Å². The van der Waals surface area contributed by atoms with Crippen LogP contribution in [0.1, 0.15) is 114 Å². The second-order valence-electron chi connectivity index (χ2n) is 9.99. The van der Waals surface area contributed by atoms with Gasteiger partial charge in [-0.1, -0.05) is 57.9 Å². The van der Waals surface area contributed by atoms with Crippen LogP contribution < -0.4 is 10.5 Å². The molecule has 0 bridgehead atoms. The normalized spacial score (nSPS) is 12.3. The summed E-state index contributed by atoms with van der Waals surface area (Å²) in [6, 6.07) is 4.69. The van der Waals surface area contributed by atoms with Crippen LogP contribution >= 0.6 is 0 Å². The quantitative estimate of drug-likeness (QED) is 0.165. The molecule has 0 aliphatic rings. The largest absolute Gasteiger partial charge is 0.496 e. The molecule has 198 valence electrons. The monoisotopic (exact) mass is 477 g/mol. The lowest BCUT2D eigenvalue weighted by Gasteiger charge is -2.15. The molecule has 1 unspecified atom stereocenters. The molecular formula is C30H55NO3. The molecule has 4 heteroatoms. The number of ether oxygens (including phenoxy) is 3. The molecule has 0 radical (unpaired) electrons. The molecule has 0 saturated heterocycles. The van der Waals surface area contributed by atoms with Crippen molar-refractivity contribution in [1.82, 2.24) is 0 Å². The van der Waals surface area contributed by atoms with Crippen molar-refractivity contribution in [3.8, 4) is 5.75 Å². The van der Waals surface area contributed by atoms with Crippen LogP contribution in [0.25, 0.3) is 0 Å². The van der Waals surface area contributed by atoms with Gasteiger partial charge in [-0.15, -0.1) is 0 Å². The van der Waals surface area contributed by atoms with Gasteiger partial charge in [0.2, 0.25) is 0 Å². The summed E-state index contributed by atoms with van der Waals surface area (Å²) in [7, 11) is 1.78. The number of rotatable bonds is 23. The van der Waals surface area contributed by atoms with Crippen LogP contribution in [0.5, 0.6) is 5.75 Å². The van der Waals surface area contributed by atoms with E-state index in [-0.39, 0.29) is 6.04 Å². The molecule has 34 heavy (non-hydrogen) atoms. The average molecular weight is 478 g/mol. The van der Waals surface area contributed by atoms with Gasteiger partial charge in [-0.3, -0.25) is 0 Å². The topological polar surface area (TPSA) is 53.7 Å². The van der Waals surface area contributed by atoms with E-state index in [1.807, 2.05) is 0 Å². The van der Waals surface area contributed by atoms with Gasteiger partial charge >= 0.3 is 0 Å². The Kier molecular flexibility index (Phi) is 19.3. The fraction of sp³-hybridized carbons (Fsp3) is 0.800. The summed E-state index contributed by atoms with van der Waals surface area (Å²) in [4.78, 5) is 0. The summed E-state index contributed by atoms with van der Waals surface area (Å²) < 4.78 is 16.9. The lowest BCUT2D eigenvalue weighted by Crippen LogP contribution is -2.18. The first-order valence-corrected chi connectivity index (χ1v) is 14.2. The second kappa shape index (κ2) is 21.2. The highest BCUT2D eigenvalue weighted by Gasteiger charge is 2.09. The molecule has 0 aromatic heterocycles. The molecule has 0 spiro atoms. The molecule has 0 fully saturated rings. The van der Waals surface area contributed by atoms with Crippen LogP contribution in [-0.4, -0.2) is 39.6 Å². The van der Waals surface area contributed by atoms with Gasteiger partial charge in [0.15, 0.2) is 0 Å². The lowest BCUT2D eigenvalue weighted by molar-refractivity contribution is 0.113. The number of hydrogen-bond acceptors (Lipinski definition) is 4. The highest BCUT2D eigenvalue weighted by atomic mass is 16.5. The molecule has 0 amide bonds. The number of benzene rings is 1. The van der Waals surface area contributed by atoms with Gasteiger partial charge in [-0.05, 0) is 88.0 Å². The molecule has 1 aromatic rings. The van der Waals surface area contributed by atoms with Crippen LogP contribution in [0.2, 0.25) is 0 Å². The second-order valence-corrected chi connectivity index (χ2v) is 9.99. The van der Waals surface area contributed by atoms with Crippen LogP contribution in [0.15, 0.2) is 12.1 Å². The number of aryl methyl sites for hydroxylation is 2. The Bertz CT molecular complexity index is 603. The van der Waals surface area contributed by atoms with Crippen molar-refractivity contribution < 1.29 is 14.2 Å². The van der Waals surface area contributed by atoms with Gasteiger partial charge in [0.25, 0.3) is 0 Å². The zero-order valence-corrected chi connectivity index (χ0v) is 23.0. The summed E-state index contributed by atoms with van der Waals surface area (Å²) in [5.41, 5.74) is 9.98. The van der Waals surface area contributed by atoms with Crippen molar-refractivity contribution >= 4 is 0 Å². The molecule has 0 saturated carbocycles. The van der Waals surface area contributed by atoms with Crippen molar-refractivity contribution in [1.29, 1.82) is 0 Å².